The summed E-state index contributed by atoms with van der Waals surface area (Å²) in [5.41, 5.74) is 2.39. The number of rotatable bonds is 6. The van der Waals surface area contributed by atoms with Crippen molar-refractivity contribution in [3.05, 3.63) is 48.2 Å². The number of hydrogen-bond donors (Lipinski definition) is 2. The summed E-state index contributed by atoms with van der Waals surface area (Å²) in [7, 11) is 0. The minimum atomic E-state index is 0.0646. The molecule has 2 N–H and O–H groups in total. The maximum absolute atomic E-state index is 12.7. The van der Waals surface area contributed by atoms with Gasteiger partial charge < -0.3 is 24.8 Å². The average Bonchev–Trinajstić information content (AvgIpc) is 3.28. The highest BCUT2D eigenvalue weighted by atomic mass is 16.5. The number of aromatic amines is 1. The van der Waals surface area contributed by atoms with Gasteiger partial charge in [-0.05, 0) is 43.0 Å². The molecule has 2 aliphatic heterocycles. The molecule has 8 heteroatoms. The molecule has 0 atom stereocenters. The molecule has 3 aromatic rings. The number of piperidine rings is 1. The Kier molecular flexibility index (Phi) is 6.20. The summed E-state index contributed by atoms with van der Waals surface area (Å²) in [6.45, 7) is 5.50. The second-order valence-electron chi connectivity index (χ2n) is 8.51. The fourth-order valence-corrected chi connectivity index (χ4v) is 4.62. The zero-order valence-corrected chi connectivity index (χ0v) is 18.3. The Morgan fingerprint density at radius 1 is 1.00 bits per heavy atom. The smallest absolute Gasteiger partial charge is 0.223 e. The number of amides is 1. The normalized spacial score (nSPS) is 17.6. The monoisotopic (exact) mass is 434 g/mol. The summed E-state index contributed by atoms with van der Waals surface area (Å²) in [5.74, 6) is 2.02. The highest BCUT2D eigenvalue weighted by Crippen LogP contribution is 2.23. The topological polar surface area (TPSA) is 86.4 Å². The predicted molar refractivity (Wildman–Crippen MR) is 125 cm³/mol. The maximum Gasteiger partial charge on any atom is 0.223 e. The molecule has 0 spiro atoms. The van der Waals surface area contributed by atoms with Crippen molar-refractivity contribution in [3.8, 4) is 0 Å². The minimum Gasteiger partial charge on any atom is -0.378 e. The van der Waals surface area contributed by atoms with E-state index in [1.165, 1.54) is 10.9 Å². The van der Waals surface area contributed by atoms with Gasteiger partial charge in [0.05, 0.1) is 13.2 Å². The first kappa shape index (κ1) is 20.8. The quantitative estimate of drug-likeness (QED) is 0.620. The van der Waals surface area contributed by atoms with Crippen molar-refractivity contribution in [1.29, 1.82) is 0 Å². The van der Waals surface area contributed by atoms with Crippen molar-refractivity contribution in [3.63, 3.8) is 0 Å². The lowest BCUT2D eigenvalue weighted by atomic mass is 9.96. The van der Waals surface area contributed by atoms with Crippen LogP contribution in [0.25, 0.3) is 10.9 Å². The summed E-state index contributed by atoms with van der Waals surface area (Å²) in [4.78, 5) is 20.4. The Labute approximate surface area is 187 Å². The van der Waals surface area contributed by atoms with Gasteiger partial charge in [0, 0.05) is 55.7 Å². The van der Waals surface area contributed by atoms with Gasteiger partial charge in [-0.25, -0.2) is 0 Å². The number of para-hydroxylation sites is 1. The van der Waals surface area contributed by atoms with E-state index < -0.39 is 0 Å². The van der Waals surface area contributed by atoms with Crippen LogP contribution in [-0.4, -0.2) is 67.0 Å². The summed E-state index contributed by atoms with van der Waals surface area (Å²) in [5, 5.41) is 13.2. The van der Waals surface area contributed by atoms with E-state index in [0.29, 0.717) is 6.54 Å². The number of aromatic nitrogens is 3. The Morgan fingerprint density at radius 2 is 1.69 bits per heavy atom. The molecule has 0 saturated carbocycles. The number of nitrogens with one attached hydrogen (secondary N) is 2. The third kappa shape index (κ3) is 4.55. The highest BCUT2D eigenvalue weighted by molar-refractivity contribution is 5.83. The second kappa shape index (κ2) is 9.56. The van der Waals surface area contributed by atoms with Gasteiger partial charge in [-0.3, -0.25) is 4.79 Å². The summed E-state index contributed by atoms with van der Waals surface area (Å²) in [6.07, 6.45) is 4.55. The molecule has 4 heterocycles. The largest absolute Gasteiger partial charge is 0.378 e. The Balaban J connectivity index is 1.08. The van der Waals surface area contributed by atoms with Crippen LogP contribution in [0.4, 0.5) is 11.6 Å². The van der Waals surface area contributed by atoms with Gasteiger partial charge >= 0.3 is 0 Å². The lowest BCUT2D eigenvalue weighted by Crippen LogP contribution is -2.41. The van der Waals surface area contributed by atoms with Gasteiger partial charge in [0.2, 0.25) is 5.91 Å². The van der Waals surface area contributed by atoms with E-state index in [0.717, 1.165) is 75.8 Å². The van der Waals surface area contributed by atoms with Crippen LogP contribution in [0.5, 0.6) is 0 Å². The molecule has 0 aliphatic carbocycles. The van der Waals surface area contributed by atoms with Gasteiger partial charge in [0.15, 0.2) is 11.6 Å². The fourth-order valence-electron chi connectivity index (χ4n) is 4.62. The van der Waals surface area contributed by atoms with Crippen LogP contribution in [0.2, 0.25) is 0 Å². The summed E-state index contributed by atoms with van der Waals surface area (Å²) < 4.78 is 5.40. The molecule has 8 nitrogen and oxygen atoms in total. The number of morpholine rings is 1. The number of H-pyrrole nitrogens is 1. The Morgan fingerprint density at radius 3 is 2.41 bits per heavy atom. The van der Waals surface area contributed by atoms with E-state index in [1.54, 1.807) is 0 Å². The van der Waals surface area contributed by atoms with E-state index in [4.69, 9.17) is 4.74 Å². The number of anilines is 2. The van der Waals surface area contributed by atoms with Crippen molar-refractivity contribution >= 4 is 28.4 Å². The van der Waals surface area contributed by atoms with Crippen LogP contribution in [0, 0.1) is 5.92 Å². The molecular formula is C24H30N6O2. The zero-order chi connectivity index (χ0) is 21.8. The van der Waals surface area contributed by atoms with Gasteiger partial charge in [0.25, 0.3) is 0 Å². The van der Waals surface area contributed by atoms with E-state index in [-0.39, 0.29) is 11.8 Å². The van der Waals surface area contributed by atoms with Gasteiger partial charge in [0.1, 0.15) is 0 Å². The molecule has 5 rings (SSSR count). The second-order valence-corrected chi connectivity index (χ2v) is 8.51. The first-order chi connectivity index (χ1) is 15.8. The number of carbonyl (C=O) groups excluding carboxylic acids is 1. The first-order valence-electron chi connectivity index (χ1n) is 11.5. The van der Waals surface area contributed by atoms with Gasteiger partial charge in [-0.15, -0.1) is 10.2 Å². The van der Waals surface area contributed by atoms with E-state index in [2.05, 4.69) is 42.4 Å². The first-order valence-corrected chi connectivity index (χ1v) is 11.5. The maximum atomic E-state index is 12.7. The minimum absolute atomic E-state index is 0.0646. The van der Waals surface area contributed by atoms with Gasteiger partial charge in [-0.1, -0.05) is 18.2 Å². The number of ether oxygens (including phenoxy) is 1. The third-order valence-electron chi connectivity index (χ3n) is 6.53. The molecule has 2 aromatic heterocycles. The number of nitrogens with zero attached hydrogens (tertiary/aromatic N) is 4. The Hall–Kier alpha value is -3.13. The number of benzene rings is 1. The fraction of sp³-hybridized carbons (Fsp3) is 0.458. The average molecular weight is 435 g/mol. The van der Waals surface area contributed by atoms with Crippen molar-refractivity contribution in [1.82, 2.24) is 20.5 Å². The van der Waals surface area contributed by atoms with Gasteiger partial charge in [-0.2, -0.15) is 0 Å². The molecule has 0 radical (unpaired) electrons. The van der Waals surface area contributed by atoms with Crippen LogP contribution in [0.1, 0.15) is 18.4 Å². The molecule has 2 saturated heterocycles. The van der Waals surface area contributed by atoms with Crippen LogP contribution < -0.4 is 15.1 Å². The Bertz CT molecular complexity index is 1040. The molecule has 2 fully saturated rings. The third-order valence-corrected chi connectivity index (χ3v) is 6.53. The van der Waals surface area contributed by atoms with E-state index in [9.17, 15) is 4.79 Å². The molecular weight excluding hydrogens is 404 g/mol. The van der Waals surface area contributed by atoms with E-state index >= 15 is 0 Å². The number of hydrogen-bond acceptors (Lipinski definition) is 6. The lowest BCUT2D eigenvalue weighted by molar-refractivity contribution is -0.125. The molecule has 0 bridgehead atoms. The zero-order valence-electron chi connectivity index (χ0n) is 18.3. The van der Waals surface area contributed by atoms with Crippen molar-refractivity contribution in [2.75, 3.05) is 55.7 Å². The van der Waals surface area contributed by atoms with Crippen LogP contribution >= 0.6 is 0 Å². The molecule has 0 unspecified atom stereocenters. The van der Waals surface area contributed by atoms with E-state index in [1.807, 2.05) is 30.5 Å². The van der Waals surface area contributed by atoms with Crippen LogP contribution in [0.3, 0.4) is 0 Å². The molecule has 1 amide bonds. The van der Waals surface area contributed by atoms with Crippen LogP contribution in [-0.2, 0) is 16.0 Å². The molecule has 1 aromatic carbocycles. The summed E-state index contributed by atoms with van der Waals surface area (Å²) >= 11 is 0. The molecule has 168 valence electrons. The molecule has 2 aliphatic rings. The lowest BCUT2D eigenvalue weighted by Gasteiger charge is -2.32. The van der Waals surface area contributed by atoms with Crippen molar-refractivity contribution in [2.24, 2.45) is 5.92 Å². The van der Waals surface area contributed by atoms with Crippen LogP contribution in [0.15, 0.2) is 42.6 Å². The summed E-state index contributed by atoms with van der Waals surface area (Å²) in [6, 6.07) is 12.4. The highest BCUT2D eigenvalue weighted by Gasteiger charge is 2.26. The SMILES string of the molecule is O=C(NCCc1c[nH]c2ccccc12)C1CCN(c2ccc(N3CCOCC3)nn2)CC1. The standard InChI is InChI=1S/C24H30N6O2/c31-24(25-10-7-19-17-26-21-4-2-1-3-20(19)21)18-8-11-29(12-9-18)22-5-6-23(28-27-22)30-13-15-32-16-14-30/h1-6,17-18,26H,7-16H2,(H,25,31). The van der Waals surface area contributed by atoms with Crippen molar-refractivity contribution in [2.45, 2.75) is 19.3 Å². The number of fused-ring (bicyclic) bond motifs is 1. The predicted octanol–water partition coefficient (Wildman–Crippen LogP) is 2.37. The van der Waals surface area contributed by atoms with Crippen molar-refractivity contribution < 1.29 is 9.53 Å². The number of carbonyl (C=O) groups is 1. The molecule has 32 heavy (non-hydrogen) atoms.